The van der Waals surface area contributed by atoms with Crippen LogP contribution in [0.15, 0.2) is 69.9 Å². The number of thiazole rings is 1. The molecular weight excluding hydrogens is 522 g/mol. The smallest absolute Gasteiger partial charge is 0.349 e. The summed E-state index contributed by atoms with van der Waals surface area (Å²) in [5.41, 5.74) is 0.581. The van der Waals surface area contributed by atoms with Crippen LogP contribution in [0.25, 0.3) is 32.0 Å². The van der Waals surface area contributed by atoms with Gasteiger partial charge in [-0.3, -0.25) is 9.69 Å². The monoisotopic (exact) mass is 551 g/mol. The maximum absolute atomic E-state index is 14.0. The van der Waals surface area contributed by atoms with Crippen LogP contribution in [0.1, 0.15) is 31.1 Å². The number of fused-ring (bicyclic) bond motifs is 4. The zero-order chi connectivity index (χ0) is 25.9. The lowest BCUT2D eigenvalue weighted by Gasteiger charge is -2.24. The maximum atomic E-state index is 14.0. The van der Waals surface area contributed by atoms with Crippen LogP contribution in [0.3, 0.4) is 0 Å². The Hall–Kier alpha value is -3.46. The molecule has 7 nitrogen and oxygen atoms in total. The molecule has 0 unspecified atom stereocenters. The number of nitrogens with zero attached hydrogens (tertiary/aromatic N) is 3. The van der Waals surface area contributed by atoms with Gasteiger partial charge < -0.3 is 14.1 Å². The first kappa shape index (κ1) is 27.6. The third kappa shape index (κ3) is 5.38. The topological polar surface area (TPSA) is 75.9 Å². The van der Waals surface area contributed by atoms with Gasteiger partial charge in [0.2, 0.25) is 0 Å². The number of anilines is 1. The number of rotatable bonds is 9. The number of amides is 1. The Balaban J connectivity index is 0.00000336. The van der Waals surface area contributed by atoms with Crippen molar-refractivity contribution in [3.05, 3.63) is 76.6 Å². The van der Waals surface area contributed by atoms with Gasteiger partial charge in [-0.15, -0.1) is 12.4 Å². The third-order valence-corrected chi connectivity index (χ3v) is 7.58. The fourth-order valence-corrected chi connectivity index (χ4v) is 5.51. The first-order chi connectivity index (χ1) is 18.0. The molecule has 0 saturated carbocycles. The molecule has 38 heavy (non-hydrogen) atoms. The number of ether oxygens (including phenoxy) is 1. The highest BCUT2D eigenvalue weighted by molar-refractivity contribution is 7.22. The Labute approximate surface area is 231 Å². The molecule has 0 bridgehead atoms. The summed E-state index contributed by atoms with van der Waals surface area (Å²) in [4.78, 5) is 35.6. The lowest BCUT2D eigenvalue weighted by molar-refractivity contribution is 0.0980. The molecule has 0 aliphatic heterocycles. The quantitative estimate of drug-likeness (QED) is 0.157. The first-order valence-electron chi connectivity index (χ1n) is 12.6. The van der Waals surface area contributed by atoms with Gasteiger partial charge in [-0.1, -0.05) is 55.5 Å². The summed E-state index contributed by atoms with van der Waals surface area (Å²) >= 11 is 1.41. The Kier molecular flexibility index (Phi) is 8.66. The van der Waals surface area contributed by atoms with Crippen molar-refractivity contribution in [2.45, 2.75) is 20.8 Å². The summed E-state index contributed by atoms with van der Waals surface area (Å²) < 4.78 is 12.2. The molecule has 2 heterocycles. The maximum Gasteiger partial charge on any atom is 0.349 e. The van der Waals surface area contributed by atoms with Crippen molar-refractivity contribution < 1.29 is 13.9 Å². The lowest BCUT2D eigenvalue weighted by Crippen LogP contribution is -2.40. The van der Waals surface area contributed by atoms with Crippen LogP contribution in [0, 0.1) is 0 Å². The molecule has 0 saturated heterocycles. The van der Waals surface area contributed by atoms with E-state index in [1.165, 1.54) is 11.3 Å². The summed E-state index contributed by atoms with van der Waals surface area (Å²) in [6, 6.07) is 18.9. The number of aromatic nitrogens is 1. The summed E-state index contributed by atoms with van der Waals surface area (Å²) in [5, 5.41) is 3.21. The van der Waals surface area contributed by atoms with Crippen LogP contribution in [-0.4, -0.2) is 48.6 Å². The Morgan fingerprint density at radius 2 is 1.76 bits per heavy atom. The average Bonchev–Trinajstić information content (AvgIpc) is 3.33. The number of hydrogen-bond donors (Lipinski definition) is 0. The summed E-state index contributed by atoms with van der Waals surface area (Å²) in [6.07, 6.45) is 0. The lowest BCUT2D eigenvalue weighted by atomic mass is 10.0. The van der Waals surface area contributed by atoms with E-state index in [0.29, 0.717) is 30.4 Å². The van der Waals surface area contributed by atoms with Crippen molar-refractivity contribution in [2.24, 2.45) is 0 Å². The van der Waals surface area contributed by atoms with Crippen molar-refractivity contribution >= 4 is 66.7 Å². The van der Waals surface area contributed by atoms with E-state index in [4.69, 9.17) is 14.1 Å². The number of hydrogen-bond acceptors (Lipinski definition) is 7. The van der Waals surface area contributed by atoms with Crippen molar-refractivity contribution in [1.82, 2.24) is 9.88 Å². The molecule has 5 aromatic rings. The molecule has 0 atom stereocenters. The molecule has 0 spiro atoms. The van der Waals surface area contributed by atoms with Crippen LogP contribution in [-0.2, 0) is 0 Å². The molecule has 1 amide bonds. The fourth-order valence-electron chi connectivity index (χ4n) is 4.50. The molecule has 0 aliphatic rings. The summed E-state index contributed by atoms with van der Waals surface area (Å²) in [7, 11) is 0. The van der Waals surface area contributed by atoms with E-state index in [1.807, 2.05) is 55.5 Å². The predicted octanol–water partition coefficient (Wildman–Crippen LogP) is 6.37. The highest BCUT2D eigenvalue weighted by atomic mass is 35.5. The van der Waals surface area contributed by atoms with E-state index in [9.17, 15) is 9.59 Å². The van der Waals surface area contributed by atoms with Gasteiger partial charge >= 0.3 is 5.63 Å². The van der Waals surface area contributed by atoms with E-state index in [-0.39, 0.29) is 18.0 Å². The van der Waals surface area contributed by atoms with Gasteiger partial charge in [0.15, 0.2) is 5.13 Å². The normalized spacial score (nSPS) is 11.3. The molecule has 0 N–H and O–H groups in total. The third-order valence-electron chi connectivity index (χ3n) is 6.54. The molecule has 0 aliphatic carbocycles. The van der Waals surface area contributed by atoms with Crippen LogP contribution in [0.2, 0.25) is 0 Å². The molecule has 0 radical (unpaired) electrons. The van der Waals surface area contributed by atoms with Crippen LogP contribution in [0.5, 0.6) is 5.75 Å². The standard InChI is InChI=1S/C29H29N3O4S.ClH/c1-4-31(5-2)15-16-32(29-30-24-13-12-20(35-6-3)17-26(24)37-29)27(33)23-18-22-21-10-8-7-9-19(21)11-14-25(22)36-28(23)34;/h7-14,17-18H,4-6,15-16H2,1-3H3;1H. The number of carbonyl (C=O) groups is 1. The highest BCUT2D eigenvalue weighted by Crippen LogP contribution is 2.33. The minimum absolute atomic E-state index is 0. The molecule has 5 rings (SSSR count). The number of benzene rings is 3. The van der Waals surface area contributed by atoms with Gasteiger partial charge in [-0.05, 0) is 61.1 Å². The molecule has 9 heteroatoms. The molecule has 3 aromatic carbocycles. The Morgan fingerprint density at radius 1 is 0.974 bits per heavy atom. The second kappa shape index (κ2) is 11.9. The van der Waals surface area contributed by atoms with E-state index in [0.717, 1.165) is 45.2 Å². The van der Waals surface area contributed by atoms with Crippen LogP contribution < -0.4 is 15.3 Å². The van der Waals surface area contributed by atoms with Gasteiger partial charge in [-0.2, -0.15) is 0 Å². The van der Waals surface area contributed by atoms with Crippen molar-refractivity contribution in [3.8, 4) is 5.75 Å². The average molecular weight is 552 g/mol. The predicted molar refractivity (Wildman–Crippen MR) is 157 cm³/mol. The van der Waals surface area contributed by atoms with E-state index in [1.54, 1.807) is 17.0 Å². The zero-order valence-corrected chi connectivity index (χ0v) is 23.2. The molecule has 198 valence electrons. The second-order valence-corrected chi connectivity index (χ2v) is 9.70. The summed E-state index contributed by atoms with van der Waals surface area (Å²) in [6.45, 7) is 9.45. The van der Waals surface area contributed by atoms with Gasteiger partial charge in [0, 0.05) is 18.5 Å². The number of carbonyl (C=O) groups excluding carboxylic acids is 1. The summed E-state index contributed by atoms with van der Waals surface area (Å²) in [5.74, 6) is 0.341. The highest BCUT2D eigenvalue weighted by Gasteiger charge is 2.25. The molecule has 2 aromatic heterocycles. The largest absolute Gasteiger partial charge is 0.494 e. The molecule has 0 fully saturated rings. The van der Waals surface area contributed by atoms with E-state index < -0.39 is 11.5 Å². The van der Waals surface area contributed by atoms with E-state index in [2.05, 4.69) is 18.7 Å². The number of likely N-dealkylation sites (N-methyl/N-ethyl adjacent to an activating group) is 1. The van der Waals surface area contributed by atoms with Gasteiger partial charge in [0.05, 0.1) is 16.8 Å². The minimum Gasteiger partial charge on any atom is -0.494 e. The fraction of sp³-hybridized carbons (Fsp3) is 0.276. The van der Waals surface area contributed by atoms with Crippen molar-refractivity contribution in [1.29, 1.82) is 0 Å². The number of halogens is 1. The Bertz CT molecular complexity index is 1640. The van der Waals surface area contributed by atoms with Crippen LogP contribution >= 0.6 is 23.7 Å². The first-order valence-corrected chi connectivity index (χ1v) is 13.4. The van der Waals surface area contributed by atoms with Gasteiger partial charge in [0.25, 0.3) is 5.91 Å². The Morgan fingerprint density at radius 3 is 2.53 bits per heavy atom. The minimum atomic E-state index is -0.652. The van der Waals surface area contributed by atoms with Gasteiger partial charge in [-0.25, -0.2) is 9.78 Å². The second-order valence-electron chi connectivity index (χ2n) is 8.69. The van der Waals surface area contributed by atoms with Gasteiger partial charge in [0.1, 0.15) is 16.9 Å². The van der Waals surface area contributed by atoms with Crippen molar-refractivity contribution in [2.75, 3.05) is 37.7 Å². The SMILES string of the molecule is CCOc1ccc2nc(N(CCN(CC)CC)C(=O)c3cc4c(ccc5ccccc54)oc3=O)sc2c1.Cl. The van der Waals surface area contributed by atoms with Crippen LogP contribution in [0.4, 0.5) is 5.13 Å². The van der Waals surface area contributed by atoms with E-state index >= 15 is 0 Å². The molecular formula is C29H30ClN3O4S. The van der Waals surface area contributed by atoms with Crippen molar-refractivity contribution in [3.63, 3.8) is 0 Å². The zero-order valence-electron chi connectivity index (χ0n) is 21.6.